The molecule has 1 aliphatic heterocycles. The van der Waals surface area contributed by atoms with Crippen LogP contribution in [0.15, 0.2) is 42.5 Å². The highest BCUT2D eigenvalue weighted by Gasteiger charge is 2.26. The van der Waals surface area contributed by atoms with Crippen LogP contribution in [0.5, 0.6) is 11.5 Å². The first-order valence-corrected chi connectivity index (χ1v) is 8.57. The Morgan fingerprint density at radius 2 is 1.74 bits per heavy atom. The van der Waals surface area contributed by atoms with E-state index in [0.29, 0.717) is 30.4 Å². The number of amides is 2. The van der Waals surface area contributed by atoms with Gasteiger partial charge in [0.25, 0.3) is 0 Å². The molecule has 142 valence electrons. The van der Waals surface area contributed by atoms with Gasteiger partial charge in [0.2, 0.25) is 0 Å². The molecule has 0 spiro atoms. The number of benzene rings is 2. The van der Waals surface area contributed by atoms with E-state index >= 15 is 0 Å². The number of carbonyl (C=O) groups is 2. The van der Waals surface area contributed by atoms with Crippen LogP contribution in [0.2, 0.25) is 0 Å². The number of methoxy groups -OCH3 is 1. The monoisotopic (exact) mass is 370 g/mol. The molecule has 0 aromatic heterocycles. The molecule has 0 radical (unpaired) electrons. The van der Waals surface area contributed by atoms with Crippen LogP contribution in [0.25, 0.3) is 0 Å². The number of nitrogens with one attached hydrogen (secondary N) is 2. The maximum Gasteiger partial charge on any atom is 0.339 e. The Bertz CT molecular complexity index is 863. The Balaban J connectivity index is 1.75. The maximum absolute atomic E-state index is 12.5. The molecule has 0 atom stereocenters. The summed E-state index contributed by atoms with van der Waals surface area (Å²) >= 11 is 0. The average molecular weight is 370 g/mol. The molecule has 1 heterocycles. The van der Waals surface area contributed by atoms with Crippen molar-refractivity contribution >= 4 is 17.7 Å². The summed E-state index contributed by atoms with van der Waals surface area (Å²) in [6, 6.07) is 11.8. The van der Waals surface area contributed by atoms with Crippen LogP contribution < -0.4 is 20.1 Å². The third-order valence-corrected chi connectivity index (χ3v) is 4.27. The summed E-state index contributed by atoms with van der Waals surface area (Å²) in [6.45, 7) is 4.78. The van der Waals surface area contributed by atoms with E-state index in [4.69, 9.17) is 14.2 Å². The number of hydrogen-bond acceptors (Lipinski definition) is 5. The highest BCUT2D eigenvalue weighted by atomic mass is 16.6. The summed E-state index contributed by atoms with van der Waals surface area (Å²) in [5.41, 5.74) is 0.843. The summed E-state index contributed by atoms with van der Waals surface area (Å²) in [7, 11) is 1.30. The molecule has 0 unspecified atom stereocenters. The number of rotatable bonds is 4. The SMILES string of the molecule is COC(=O)c1ccccc1NC(=O)NC(C)(C)c1ccc2c(c1)OCCO2. The minimum absolute atomic E-state index is 0.285. The van der Waals surface area contributed by atoms with Crippen LogP contribution in [0.4, 0.5) is 10.5 Å². The molecule has 0 saturated carbocycles. The molecule has 0 fully saturated rings. The lowest BCUT2D eigenvalue weighted by Crippen LogP contribution is -2.43. The zero-order valence-corrected chi connectivity index (χ0v) is 15.5. The second-order valence-electron chi connectivity index (χ2n) is 6.60. The normalized spacial score (nSPS) is 12.9. The lowest BCUT2D eigenvalue weighted by atomic mass is 9.94. The first-order valence-electron chi connectivity index (χ1n) is 8.57. The van der Waals surface area contributed by atoms with Crippen LogP contribution in [0, 0.1) is 0 Å². The van der Waals surface area contributed by atoms with Gasteiger partial charge in [-0.3, -0.25) is 0 Å². The van der Waals surface area contributed by atoms with Crippen molar-refractivity contribution in [3.05, 3.63) is 53.6 Å². The van der Waals surface area contributed by atoms with Gasteiger partial charge in [-0.15, -0.1) is 0 Å². The zero-order chi connectivity index (χ0) is 19.4. The largest absolute Gasteiger partial charge is 0.486 e. The fourth-order valence-corrected chi connectivity index (χ4v) is 2.82. The molecule has 2 N–H and O–H groups in total. The number of urea groups is 1. The van der Waals surface area contributed by atoms with Crippen molar-refractivity contribution in [1.29, 1.82) is 0 Å². The predicted molar refractivity (Wildman–Crippen MR) is 100 cm³/mol. The molecular formula is C20H22N2O5. The van der Waals surface area contributed by atoms with Crippen molar-refractivity contribution in [2.24, 2.45) is 0 Å². The number of hydrogen-bond donors (Lipinski definition) is 2. The molecule has 0 saturated heterocycles. The minimum Gasteiger partial charge on any atom is -0.486 e. The topological polar surface area (TPSA) is 85.9 Å². The van der Waals surface area contributed by atoms with Crippen LogP contribution >= 0.6 is 0 Å². The Hall–Kier alpha value is -3.22. The van der Waals surface area contributed by atoms with Gasteiger partial charge in [0, 0.05) is 0 Å². The van der Waals surface area contributed by atoms with E-state index in [1.165, 1.54) is 7.11 Å². The van der Waals surface area contributed by atoms with Crippen molar-refractivity contribution in [3.63, 3.8) is 0 Å². The summed E-state index contributed by atoms with van der Waals surface area (Å²) < 4.78 is 15.9. The number of esters is 1. The maximum atomic E-state index is 12.5. The third kappa shape index (κ3) is 4.13. The van der Waals surface area contributed by atoms with E-state index in [9.17, 15) is 9.59 Å². The number of carbonyl (C=O) groups excluding carboxylic acids is 2. The first-order chi connectivity index (χ1) is 12.9. The second-order valence-corrected chi connectivity index (χ2v) is 6.60. The van der Waals surface area contributed by atoms with Crippen molar-refractivity contribution in [2.75, 3.05) is 25.6 Å². The van der Waals surface area contributed by atoms with Gasteiger partial charge >= 0.3 is 12.0 Å². The molecule has 2 aromatic rings. The molecule has 1 aliphatic rings. The molecule has 2 aromatic carbocycles. The van der Waals surface area contributed by atoms with Crippen molar-refractivity contribution in [1.82, 2.24) is 5.32 Å². The Labute approximate surface area is 157 Å². The molecule has 27 heavy (non-hydrogen) atoms. The van der Waals surface area contributed by atoms with Crippen LogP contribution in [-0.2, 0) is 10.3 Å². The quantitative estimate of drug-likeness (QED) is 0.807. The molecule has 3 rings (SSSR count). The van der Waals surface area contributed by atoms with E-state index in [0.717, 1.165) is 5.56 Å². The van der Waals surface area contributed by atoms with Crippen molar-refractivity contribution in [2.45, 2.75) is 19.4 Å². The third-order valence-electron chi connectivity index (χ3n) is 4.27. The van der Waals surface area contributed by atoms with Gasteiger partial charge in [-0.25, -0.2) is 9.59 Å². The van der Waals surface area contributed by atoms with E-state index in [-0.39, 0.29) is 5.56 Å². The number of para-hydroxylation sites is 1. The van der Waals surface area contributed by atoms with E-state index < -0.39 is 17.5 Å². The summed E-state index contributed by atoms with van der Waals surface area (Å²) in [6.07, 6.45) is 0. The Morgan fingerprint density at radius 1 is 1.04 bits per heavy atom. The Morgan fingerprint density at radius 3 is 2.48 bits per heavy atom. The van der Waals surface area contributed by atoms with Crippen molar-refractivity contribution < 1.29 is 23.8 Å². The molecule has 2 amide bonds. The lowest BCUT2D eigenvalue weighted by Gasteiger charge is -2.29. The average Bonchev–Trinajstić information content (AvgIpc) is 2.67. The molecule has 0 bridgehead atoms. The smallest absolute Gasteiger partial charge is 0.339 e. The molecular weight excluding hydrogens is 348 g/mol. The van der Waals surface area contributed by atoms with Gasteiger partial charge in [-0.05, 0) is 43.7 Å². The highest BCUT2D eigenvalue weighted by Crippen LogP contribution is 2.34. The van der Waals surface area contributed by atoms with Crippen LogP contribution in [-0.4, -0.2) is 32.3 Å². The fraction of sp³-hybridized carbons (Fsp3) is 0.300. The van der Waals surface area contributed by atoms with Gasteiger partial charge in [0.1, 0.15) is 13.2 Å². The van der Waals surface area contributed by atoms with Crippen molar-refractivity contribution in [3.8, 4) is 11.5 Å². The van der Waals surface area contributed by atoms with Gasteiger partial charge in [0.05, 0.1) is 23.9 Å². The molecule has 7 heteroatoms. The van der Waals surface area contributed by atoms with Crippen LogP contribution in [0.3, 0.4) is 0 Å². The van der Waals surface area contributed by atoms with Gasteiger partial charge in [-0.1, -0.05) is 18.2 Å². The predicted octanol–water partition coefficient (Wildman–Crippen LogP) is 3.30. The number of ether oxygens (including phenoxy) is 3. The second kappa shape index (κ2) is 7.57. The van der Waals surface area contributed by atoms with E-state index in [2.05, 4.69) is 10.6 Å². The minimum atomic E-state index is -0.680. The number of fused-ring (bicyclic) bond motifs is 1. The fourth-order valence-electron chi connectivity index (χ4n) is 2.82. The highest BCUT2D eigenvalue weighted by molar-refractivity contribution is 6.00. The zero-order valence-electron chi connectivity index (χ0n) is 15.5. The van der Waals surface area contributed by atoms with E-state index in [1.54, 1.807) is 24.3 Å². The van der Waals surface area contributed by atoms with Gasteiger partial charge in [0.15, 0.2) is 11.5 Å². The first kappa shape index (κ1) is 18.6. The molecule has 7 nitrogen and oxygen atoms in total. The lowest BCUT2D eigenvalue weighted by molar-refractivity contribution is 0.0602. The molecule has 0 aliphatic carbocycles. The summed E-state index contributed by atoms with van der Waals surface area (Å²) in [4.78, 5) is 24.4. The summed E-state index contributed by atoms with van der Waals surface area (Å²) in [5, 5.41) is 5.62. The Kier molecular flexibility index (Phi) is 5.21. The summed E-state index contributed by atoms with van der Waals surface area (Å²) in [5.74, 6) is 0.833. The number of anilines is 1. The van der Waals surface area contributed by atoms with Gasteiger partial charge < -0.3 is 24.8 Å². The van der Waals surface area contributed by atoms with E-state index in [1.807, 2.05) is 32.0 Å². The van der Waals surface area contributed by atoms with Gasteiger partial charge in [-0.2, -0.15) is 0 Å². The standard InChI is InChI=1S/C20H22N2O5/c1-20(2,13-8-9-16-17(12-13)27-11-10-26-16)22-19(24)21-15-7-5-4-6-14(15)18(23)25-3/h4-9,12H,10-11H2,1-3H3,(H2,21,22,24). The van der Waals surface area contributed by atoms with Crippen LogP contribution in [0.1, 0.15) is 29.8 Å².